The van der Waals surface area contributed by atoms with Crippen molar-refractivity contribution in [1.29, 1.82) is 0 Å². The monoisotopic (exact) mass is 257 g/mol. The lowest BCUT2D eigenvalue weighted by atomic mass is 10.3. The van der Waals surface area contributed by atoms with Crippen LogP contribution in [0.15, 0.2) is 18.2 Å². The zero-order valence-corrected chi connectivity index (χ0v) is 10.5. The van der Waals surface area contributed by atoms with E-state index in [1.807, 2.05) is 11.9 Å². The number of hydrogen-bond donors (Lipinski definition) is 2. The minimum Gasteiger partial charge on any atom is -0.325 e. The van der Waals surface area contributed by atoms with Gasteiger partial charge >= 0.3 is 0 Å². The van der Waals surface area contributed by atoms with Crippen LogP contribution in [0.2, 0.25) is 0 Å². The predicted molar refractivity (Wildman–Crippen MR) is 66.4 cm³/mol. The van der Waals surface area contributed by atoms with Crippen LogP contribution in [-0.2, 0) is 4.79 Å². The van der Waals surface area contributed by atoms with Gasteiger partial charge in [0.15, 0.2) is 0 Å². The van der Waals surface area contributed by atoms with Gasteiger partial charge in [-0.1, -0.05) is 0 Å². The Morgan fingerprint density at radius 1 is 1.28 bits per heavy atom. The molecule has 0 bridgehead atoms. The maximum absolute atomic E-state index is 12.9. The third kappa shape index (κ3) is 5.20. The second-order valence-corrected chi connectivity index (χ2v) is 4.05. The van der Waals surface area contributed by atoms with Gasteiger partial charge in [0.1, 0.15) is 11.6 Å². The number of benzene rings is 1. The molecule has 0 aliphatic rings. The number of carbonyl (C=O) groups excluding carboxylic acids is 1. The SMILES string of the molecule is CNCCN(C)CC(=O)Nc1cc(F)cc(F)c1. The van der Waals surface area contributed by atoms with Crippen molar-refractivity contribution in [2.24, 2.45) is 0 Å². The van der Waals surface area contributed by atoms with E-state index in [0.29, 0.717) is 6.54 Å². The number of nitrogens with zero attached hydrogens (tertiary/aromatic N) is 1. The summed E-state index contributed by atoms with van der Waals surface area (Å²) >= 11 is 0. The molecule has 2 N–H and O–H groups in total. The Morgan fingerprint density at radius 3 is 2.44 bits per heavy atom. The van der Waals surface area contributed by atoms with Gasteiger partial charge in [-0.25, -0.2) is 8.78 Å². The fourth-order valence-corrected chi connectivity index (χ4v) is 1.45. The Balaban J connectivity index is 2.48. The fraction of sp³-hybridized carbons (Fsp3) is 0.417. The van der Waals surface area contributed by atoms with E-state index in [1.54, 1.807) is 7.05 Å². The van der Waals surface area contributed by atoms with E-state index in [2.05, 4.69) is 10.6 Å². The topological polar surface area (TPSA) is 44.4 Å². The maximum atomic E-state index is 12.9. The first-order valence-corrected chi connectivity index (χ1v) is 5.60. The first kappa shape index (κ1) is 14.5. The second-order valence-electron chi connectivity index (χ2n) is 4.05. The van der Waals surface area contributed by atoms with Crippen molar-refractivity contribution in [2.45, 2.75) is 0 Å². The second kappa shape index (κ2) is 7.03. The van der Waals surface area contributed by atoms with Crippen molar-refractivity contribution >= 4 is 11.6 Å². The number of likely N-dealkylation sites (N-methyl/N-ethyl adjacent to an activating group) is 2. The average molecular weight is 257 g/mol. The van der Waals surface area contributed by atoms with Crippen LogP contribution >= 0.6 is 0 Å². The fourth-order valence-electron chi connectivity index (χ4n) is 1.45. The van der Waals surface area contributed by atoms with E-state index in [-0.39, 0.29) is 18.1 Å². The number of carbonyl (C=O) groups is 1. The molecule has 0 saturated carbocycles. The molecule has 4 nitrogen and oxygen atoms in total. The molecule has 0 aromatic heterocycles. The Hall–Kier alpha value is -1.53. The molecule has 0 unspecified atom stereocenters. The van der Waals surface area contributed by atoms with Crippen molar-refractivity contribution in [3.63, 3.8) is 0 Å². The summed E-state index contributed by atoms with van der Waals surface area (Å²) in [7, 11) is 3.62. The van der Waals surface area contributed by atoms with Gasteiger partial charge in [0.25, 0.3) is 0 Å². The Kier molecular flexibility index (Phi) is 5.67. The highest BCUT2D eigenvalue weighted by Crippen LogP contribution is 2.12. The van der Waals surface area contributed by atoms with Crippen LogP contribution in [0.5, 0.6) is 0 Å². The summed E-state index contributed by atoms with van der Waals surface area (Å²) in [4.78, 5) is 13.4. The minimum atomic E-state index is -0.714. The highest BCUT2D eigenvalue weighted by atomic mass is 19.1. The summed E-state index contributed by atoms with van der Waals surface area (Å²) < 4.78 is 25.8. The molecule has 0 aliphatic carbocycles. The van der Waals surface area contributed by atoms with Crippen LogP contribution < -0.4 is 10.6 Å². The molecule has 0 atom stereocenters. The van der Waals surface area contributed by atoms with Crippen molar-refractivity contribution in [1.82, 2.24) is 10.2 Å². The number of rotatable bonds is 6. The largest absolute Gasteiger partial charge is 0.325 e. The maximum Gasteiger partial charge on any atom is 0.238 e. The minimum absolute atomic E-state index is 0.125. The third-order valence-electron chi connectivity index (χ3n) is 2.30. The molecule has 18 heavy (non-hydrogen) atoms. The molecule has 0 radical (unpaired) electrons. The van der Waals surface area contributed by atoms with Gasteiger partial charge in [-0.15, -0.1) is 0 Å². The Labute approximate surface area is 105 Å². The van der Waals surface area contributed by atoms with E-state index < -0.39 is 11.6 Å². The molecule has 0 saturated heterocycles. The predicted octanol–water partition coefficient (Wildman–Crippen LogP) is 1.05. The third-order valence-corrected chi connectivity index (χ3v) is 2.30. The van der Waals surface area contributed by atoms with Gasteiger partial charge in [-0.3, -0.25) is 9.69 Å². The van der Waals surface area contributed by atoms with Gasteiger partial charge in [-0.2, -0.15) is 0 Å². The van der Waals surface area contributed by atoms with Crippen LogP contribution in [0, 0.1) is 11.6 Å². The lowest BCUT2D eigenvalue weighted by molar-refractivity contribution is -0.117. The smallest absolute Gasteiger partial charge is 0.238 e. The summed E-state index contributed by atoms with van der Waals surface area (Å²) in [5, 5.41) is 5.41. The van der Waals surface area contributed by atoms with Gasteiger partial charge < -0.3 is 10.6 Å². The normalized spacial score (nSPS) is 10.7. The Morgan fingerprint density at radius 2 is 1.89 bits per heavy atom. The van der Waals surface area contributed by atoms with Gasteiger partial charge in [0.2, 0.25) is 5.91 Å². The highest BCUT2D eigenvalue weighted by molar-refractivity contribution is 5.92. The van der Waals surface area contributed by atoms with Gasteiger partial charge in [-0.05, 0) is 26.2 Å². The number of anilines is 1. The van der Waals surface area contributed by atoms with Crippen LogP contribution in [0.4, 0.5) is 14.5 Å². The van der Waals surface area contributed by atoms with Crippen molar-refractivity contribution in [3.8, 4) is 0 Å². The van der Waals surface area contributed by atoms with Crippen molar-refractivity contribution in [2.75, 3.05) is 39.0 Å². The average Bonchev–Trinajstić information content (AvgIpc) is 2.24. The zero-order chi connectivity index (χ0) is 13.5. The summed E-state index contributed by atoms with van der Waals surface area (Å²) in [5.41, 5.74) is 0.125. The molecule has 0 aliphatic heterocycles. The van der Waals surface area contributed by atoms with Crippen molar-refractivity contribution < 1.29 is 13.6 Å². The first-order valence-electron chi connectivity index (χ1n) is 5.60. The quantitative estimate of drug-likeness (QED) is 0.801. The van der Waals surface area contributed by atoms with Crippen LogP contribution in [-0.4, -0.2) is 44.5 Å². The van der Waals surface area contributed by atoms with E-state index in [1.165, 1.54) is 0 Å². The summed E-state index contributed by atoms with van der Waals surface area (Å²) in [5.74, 6) is -1.73. The lowest BCUT2D eigenvalue weighted by Gasteiger charge is -2.15. The van der Waals surface area contributed by atoms with Crippen molar-refractivity contribution in [3.05, 3.63) is 29.8 Å². The first-order chi connectivity index (χ1) is 8.51. The lowest BCUT2D eigenvalue weighted by Crippen LogP contribution is -2.34. The zero-order valence-electron chi connectivity index (χ0n) is 10.5. The van der Waals surface area contributed by atoms with E-state index in [4.69, 9.17) is 0 Å². The number of amides is 1. The molecular weight excluding hydrogens is 240 g/mol. The molecule has 0 fully saturated rings. The summed E-state index contributed by atoms with van der Waals surface area (Å²) in [6.45, 7) is 1.64. The van der Waals surface area contributed by atoms with E-state index >= 15 is 0 Å². The molecule has 6 heteroatoms. The Bertz CT molecular complexity index is 392. The van der Waals surface area contributed by atoms with Crippen LogP contribution in [0.1, 0.15) is 0 Å². The molecular formula is C12H17F2N3O. The molecule has 0 spiro atoms. The number of nitrogens with one attached hydrogen (secondary N) is 2. The molecule has 1 aromatic rings. The molecule has 0 heterocycles. The number of halogens is 2. The standard InChI is InChI=1S/C12H17F2N3O/c1-15-3-4-17(2)8-12(18)16-11-6-9(13)5-10(14)7-11/h5-7,15H,3-4,8H2,1-2H3,(H,16,18). The van der Waals surface area contributed by atoms with E-state index in [0.717, 1.165) is 24.7 Å². The number of hydrogen-bond acceptors (Lipinski definition) is 3. The summed E-state index contributed by atoms with van der Waals surface area (Å²) in [6, 6.07) is 2.91. The molecule has 1 amide bonds. The van der Waals surface area contributed by atoms with Crippen LogP contribution in [0.3, 0.4) is 0 Å². The van der Waals surface area contributed by atoms with E-state index in [9.17, 15) is 13.6 Å². The molecule has 100 valence electrons. The van der Waals surface area contributed by atoms with Gasteiger partial charge in [0, 0.05) is 24.8 Å². The van der Waals surface area contributed by atoms with Crippen LogP contribution in [0.25, 0.3) is 0 Å². The molecule has 1 aromatic carbocycles. The van der Waals surface area contributed by atoms with Gasteiger partial charge in [0.05, 0.1) is 6.54 Å². The highest BCUT2D eigenvalue weighted by Gasteiger charge is 2.08. The summed E-state index contributed by atoms with van der Waals surface area (Å²) in [6.07, 6.45) is 0. The molecule has 1 rings (SSSR count).